The smallest absolute Gasteiger partial charge is 0.335 e. The molecule has 4 atom stereocenters. The average Bonchev–Trinajstić information content (AvgIpc) is 2.88. The van der Waals surface area contributed by atoms with Crippen molar-refractivity contribution in [2.75, 3.05) is 7.11 Å². The molecule has 16 heavy (non-hydrogen) atoms. The highest BCUT2D eigenvalue weighted by Crippen LogP contribution is 2.48. The molecule has 0 amide bonds. The van der Waals surface area contributed by atoms with Crippen molar-refractivity contribution in [3.05, 3.63) is 0 Å². The molecule has 0 saturated carbocycles. The van der Waals surface area contributed by atoms with Crippen molar-refractivity contribution in [2.45, 2.75) is 51.4 Å². The number of rotatable bonds is 3. The molecule has 0 aromatic carbocycles. The fraction of sp³-hybridized carbons (Fsp3) is 0.917. The van der Waals surface area contributed by atoms with E-state index in [0.29, 0.717) is 6.10 Å². The molecule has 1 N–H and O–H groups in total. The van der Waals surface area contributed by atoms with Gasteiger partial charge in [0, 0.05) is 5.41 Å². The first-order valence-electron chi connectivity index (χ1n) is 5.88. The fourth-order valence-corrected chi connectivity index (χ4v) is 3.04. The van der Waals surface area contributed by atoms with Crippen LogP contribution in [0.15, 0.2) is 0 Å². The first-order valence-corrected chi connectivity index (χ1v) is 5.88. The Bertz CT molecular complexity index is 287. The number of hydrogen-bond acceptors (Lipinski definition) is 4. The molecule has 4 heteroatoms. The summed E-state index contributed by atoms with van der Waals surface area (Å²) < 4.78 is 10.4. The van der Waals surface area contributed by atoms with Crippen LogP contribution in [0.25, 0.3) is 0 Å². The molecule has 92 valence electrons. The van der Waals surface area contributed by atoms with Crippen LogP contribution in [0, 0.1) is 11.3 Å². The molecule has 4 unspecified atom stereocenters. The van der Waals surface area contributed by atoms with Crippen LogP contribution in [0.4, 0.5) is 0 Å². The van der Waals surface area contributed by atoms with Crippen molar-refractivity contribution in [3.8, 4) is 0 Å². The minimum Gasteiger partial charge on any atom is -0.467 e. The van der Waals surface area contributed by atoms with Crippen LogP contribution in [0.1, 0.15) is 33.1 Å². The molecule has 2 aliphatic rings. The fourth-order valence-electron chi connectivity index (χ4n) is 3.04. The molecule has 2 saturated heterocycles. The van der Waals surface area contributed by atoms with Crippen molar-refractivity contribution in [3.63, 3.8) is 0 Å². The molecular formula is C12H20O4. The summed E-state index contributed by atoms with van der Waals surface area (Å²) in [5.74, 6) is -0.298. The van der Waals surface area contributed by atoms with Gasteiger partial charge >= 0.3 is 5.97 Å². The van der Waals surface area contributed by atoms with E-state index in [-0.39, 0.29) is 12.0 Å². The number of carbonyl (C=O) groups excluding carboxylic acids is 1. The maximum absolute atomic E-state index is 11.4. The lowest BCUT2D eigenvalue weighted by atomic mass is 9.68. The molecule has 0 aromatic rings. The molecule has 0 spiro atoms. The van der Waals surface area contributed by atoms with Crippen LogP contribution < -0.4 is 0 Å². The molecule has 2 heterocycles. The number of esters is 1. The van der Waals surface area contributed by atoms with Crippen molar-refractivity contribution >= 4 is 5.97 Å². The van der Waals surface area contributed by atoms with Gasteiger partial charge in [-0.25, -0.2) is 4.79 Å². The van der Waals surface area contributed by atoms with Crippen molar-refractivity contribution in [1.29, 1.82) is 0 Å². The Balaban J connectivity index is 2.09. The number of aliphatic hydroxyl groups excluding tert-OH is 1. The lowest BCUT2D eigenvalue weighted by Gasteiger charge is -2.37. The number of hydrogen-bond donors (Lipinski definition) is 1. The van der Waals surface area contributed by atoms with E-state index in [9.17, 15) is 9.90 Å². The molecule has 2 rings (SSSR count). The molecule has 2 fully saturated rings. The van der Waals surface area contributed by atoms with E-state index in [2.05, 4.69) is 4.74 Å². The van der Waals surface area contributed by atoms with Crippen LogP contribution in [0.3, 0.4) is 0 Å². The average molecular weight is 228 g/mol. The molecule has 0 radical (unpaired) electrons. The van der Waals surface area contributed by atoms with Crippen LogP contribution >= 0.6 is 0 Å². The molecule has 2 aliphatic heterocycles. The SMILES string of the molecule is COC(=O)C(O)C(C)(C)C1CC2CCC1O2. The van der Waals surface area contributed by atoms with E-state index < -0.39 is 17.5 Å². The van der Waals surface area contributed by atoms with Gasteiger partial charge in [-0.05, 0) is 25.2 Å². The van der Waals surface area contributed by atoms with Gasteiger partial charge in [0.2, 0.25) is 0 Å². The second kappa shape index (κ2) is 4.00. The highest BCUT2D eigenvalue weighted by molar-refractivity contribution is 5.75. The van der Waals surface area contributed by atoms with Crippen LogP contribution in [-0.2, 0) is 14.3 Å². The number of ether oxygens (including phenoxy) is 2. The van der Waals surface area contributed by atoms with Gasteiger partial charge in [0.05, 0.1) is 19.3 Å². The molecular weight excluding hydrogens is 208 g/mol. The number of aliphatic hydroxyl groups is 1. The van der Waals surface area contributed by atoms with E-state index in [0.717, 1.165) is 19.3 Å². The zero-order chi connectivity index (χ0) is 11.9. The van der Waals surface area contributed by atoms with E-state index >= 15 is 0 Å². The Morgan fingerprint density at radius 1 is 1.50 bits per heavy atom. The third-order valence-corrected chi connectivity index (χ3v) is 4.19. The number of methoxy groups -OCH3 is 1. The monoisotopic (exact) mass is 228 g/mol. The maximum atomic E-state index is 11.4. The van der Waals surface area contributed by atoms with Gasteiger partial charge in [0.25, 0.3) is 0 Å². The van der Waals surface area contributed by atoms with E-state index in [1.165, 1.54) is 7.11 Å². The second-order valence-corrected chi connectivity index (χ2v) is 5.46. The predicted molar refractivity (Wildman–Crippen MR) is 57.8 cm³/mol. The number of carbonyl (C=O) groups is 1. The first-order chi connectivity index (χ1) is 7.46. The van der Waals surface area contributed by atoms with E-state index in [1.54, 1.807) is 0 Å². The van der Waals surface area contributed by atoms with Gasteiger partial charge in [-0.2, -0.15) is 0 Å². The van der Waals surface area contributed by atoms with Gasteiger partial charge in [-0.15, -0.1) is 0 Å². The Morgan fingerprint density at radius 3 is 2.62 bits per heavy atom. The zero-order valence-electron chi connectivity index (χ0n) is 10.1. The summed E-state index contributed by atoms with van der Waals surface area (Å²) in [4.78, 5) is 11.4. The summed E-state index contributed by atoms with van der Waals surface area (Å²) in [6, 6.07) is 0. The zero-order valence-corrected chi connectivity index (χ0v) is 10.1. The molecule has 0 aliphatic carbocycles. The Kier molecular flexibility index (Phi) is 2.97. The molecule has 2 bridgehead atoms. The highest BCUT2D eigenvalue weighted by atomic mass is 16.5. The summed E-state index contributed by atoms with van der Waals surface area (Å²) in [6.45, 7) is 3.84. The van der Waals surface area contributed by atoms with Crippen LogP contribution in [0.2, 0.25) is 0 Å². The van der Waals surface area contributed by atoms with Crippen LogP contribution in [-0.4, -0.2) is 36.5 Å². The third-order valence-electron chi connectivity index (χ3n) is 4.19. The summed E-state index contributed by atoms with van der Waals surface area (Å²) in [5, 5.41) is 10.0. The molecule has 0 aromatic heterocycles. The Morgan fingerprint density at radius 2 is 2.19 bits per heavy atom. The largest absolute Gasteiger partial charge is 0.467 e. The lowest BCUT2D eigenvalue weighted by molar-refractivity contribution is -0.160. The van der Waals surface area contributed by atoms with Gasteiger partial charge in [0.1, 0.15) is 0 Å². The van der Waals surface area contributed by atoms with Crippen molar-refractivity contribution < 1.29 is 19.4 Å². The van der Waals surface area contributed by atoms with Gasteiger partial charge in [-0.1, -0.05) is 13.8 Å². The third kappa shape index (κ3) is 1.74. The van der Waals surface area contributed by atoms with Gasteiger partial charge in [-0.3, -0.25) is 0 Å². The second-order valence-electron chi connectivity index (χ2n) is 5.46. The van der Waals surface area contributed by atoms with Crippen LogP contribution in [0.5, 0.6) is 0 Å². The van der Waals surface area contributed by atoms with Crippen molar-refractivity contribution in [2.24, 2.45) is 11.3 Å². The Labute approximate surface area is 95.9 Å². The predicted octanol–water partition coefficient (Wildman–Crippen LogP) is 1.11. The summed E-state index contributed by atoms with van der Waals surface area (Å²) in [6.07, 6.45) is 2.59. The van der Waals surface area contributed by atoms with Crippen molar-refractivity contribution in [1.82, 2.24) is 0 Å². The summed E-state index contributed by atoms with van der Waals surface area (Å²) in [7, 11) is 1.30. The maximum Gasteiger partial charge on any atom is 0.335 e. The summed E-state index contributed by atoms with van der Waals surface area (Å²) >= 11 is 0. The molecule has 4 nitrogen and oxygen atoms in total. The highest BCUT2D eigenvalue weighted by Gasteiger charge is 2.51. The summed E-state index contributed by atoms with van der Waals surface area (Å²) in [5.41, 5.74) is -0.479. The number of fused-ring (bicyclic) bond motifs is 2. The van der Waals surface area contributed by atoms with Gasteiger partial charge in [0.15, 0.2) is 6.10 Å². The normalized spacial score (nSPS) is 35.1. The first kappa shape index (κ1) is 11.9. The standard InChI is InChI=1S/C12H20O4/c1-12(2,10(13)11(14)15-3)8-6-7-4-5-9(8)16-7/h7-10,13H,4-6H2,1-3H3. The minimum atomic E-state index is -1.06. The van der Waals surface area contributed by atoms with E-state index in [4.69, 9.17) is 4.74 Å². The van der Waals surface area contributed by atoms with E-state index in [1.807, 2.05) is 13.8 Å². The minimum absolute atomic E-state index is 0.208. The topological polar surface area (TPSA) is 55.8 Å². The van der Waals surface area contributed by atoms with Gasteiger partial charge < -0.3 is 14.6 Å². The Hall–Kier alpha value is -0.610. The lowest BCUT2D eigenvalue weighted by Crippen LogP contribution is -2.45. The quantitative estimate of drug-likeness (QED) is 0.735.